The number of fused-ring (bicyclic) bond motifs is 1. The summed E-state index contributed by atoms with van der Waals surface area (Å²) >= 11 is 0. The van der Waals surface area contributed by atoms with Gasteiger partial charge in [0.1, 0.15) is 5.82 Å². The van der Waals surface area contributed by atoms with Crippen LogP contribution in [0.1, 0.15) is 18.4 Å². The Hall–Kier alpha value is -1.61. The molecule has 0 radical (unpaired) electrons. The van der Waals surface area contributed by atoms with Gasteiger partial charge in [-0.3, -0.25) is 0 Å². The SMILES string of the molecule is CN(Cc1cc2ccccc2nc1N)CC1CC1. The first-order valence-corrected chi connectivity index (χ1v) is 6.55. The zero-order valence-electron chi connectivity index (χ0n) is 10.8. The van der Waals surface area contributed by atoms with Gasteiger partial charge in [-0.1, -0.05) is 18.2 Å². The summed E-state index contributed by atoms with van der Waals surface area (Å²) in [7, 11) is 2.16. The number of hydrogen-bond acceptors (Lipinski definition) is 3. The Balaban J connectivity index is 1.83. The molecular formula is C15H19N3. The molecule has 0 spiro atoms. The lowest BCUT2D eigenvalue weighted by atomic mass is 10.1. The van der Waals surface area contributed by atoms with Crippen molar-refractivity contribution in [3.05, 3.63) is 35.9 Å². The standard InChI is InChI=1S/C15H19N3/c1-18(9-11-6-7-11)10-13-8-12-4-2-3-5-14(12)17-15(13)16/h2-5,8,11H,6-7,9-10H2,1H3,(H2,16,17). The van der Waals surface area contributed by atoms with Gasteiger partial charge in [-0.2, -0.15) is 0 Å². The molecule has 1 aliphatic rings. The van der Waals surface area contributed by atoms with Gasteiger partial charge in [0, 0.05) is 24.0 Å². The molecule has 94 valence electrons. The van der Waals surface area contributed by atoms with Gasteiger partial charge in [0.25, 0.3) is 0 Å². The number of nitrogens with zero attached hydrogens (tertiary/aromatic N) is 2. The van der Waals surface area contributed by atoms with E-state index in [0.29, 0.717) is 5.82 Å². The van der Waals surface area contributed by atoms with Crippen LogP contribution in [0.5, 0.6) is 0 Å². The second-order valence-corrected chi connectivity index (χ2v) is 5.37. The van der Waals surface area contributed by atoms with Crippen molar-refractivity contribution in [3.8, 4) is 0 Å². The third-order valence-corrected chi connectivity index (χ3v) is 3.54. The first kappa shape index (κ1) is 11.5. The maximum absolute atomic E-state index is 6.04. The Morgan fingerprint density at radius 1 is 1.33 bits per heavy atom. The number of hydrogen-bond donors (Lipinski definition) is 1. The van der Waals surface area contributed by atoms with E-state index in [2.05, 4.69) is 29.1 Å². The van der Waals surface area contributed by atoms with Crippen LogP contribution in [0.15, 0.2) is 30.3 Å². The second-order valence-electron chi connectivity index (χ2n) is 5.37. The second kappa shape index (κ2) is 4.58. The average Bonchev–Trinajstić information content (AvgIpc) is 3.14. The van der Waals surface area contributed by atoms with Crippen LogP contribution in [0, 0.1) is 5.92 Å². The van der Waals surface area contributed by atoms with E-state index in [-0.39, 0.29) is 0 Å². The Bertz CT molecular complexity index is 561. The summed E-state index contributed by atoms with van der Waals surface area (Å²) in [5, 5.41) is 1.17. The van der Waals surface area contributed by atoms with Gasteiger partial charge in [0.2, 0.25) is 0 Å². The van der Waals surface area contributed by atoms with E-state index < -0.39 is 0 Å². The van der Waals surface area contributed by atoms with Crippen LogP contribution in [-0.2, 0) is 6.54 Å². The van der Waals surface area contributed by atoms with Crippen molar-refractivity contribution in [1.82, 2.24) is 9.88 Å². The highest BCUT2D eigenvalue weighted by molar-refractivity contribution is 5.81. The van der Waals surface area contributed by atoms with Crippen LogP contribution in [0.2, 0.25) is 0 Å². The van der Waals surface area contributed by atoms with E-state index in [9.17, 15) is 0 Å². The van der Waals surface area contributed by atoms with E-state index in [4.69, 9.17) is 5.73 Å². The smallest absolute Gasteiger partial charge is 0.128 e. The Kier molecular flexibility index (Phi) is 2.92. The molecule has 1 aromatic heterocycles. The Morgan fingerprint density at radius 2 is 2.11 bits per heavy atom. The van der Waals surface area contributed by atoms with Crippen LogP contribution in [0.3, 0.4) is 0 Å². The largest absolute Gasteiger partial charge is 0.383 e. The van der Waals surface area contributed by atoms with Crippen molar-refractivity contribution < 1.29 is 0 Å². The fourth-order valence-electron chi connectivity index (χ4n) is 2.40. The van der Waals surface area contributed by atoms with E-state index in [1.165, 1.54) is 24.8 Å². The summed E-state index contributed by atoms with van der Waals surface area (Å²) in [4.78, 5) is 6.82. The molecule has 2 N–H and O–H groups in total. The molecular weight excluding hydrogens is 222 g/mol. The van der Waals surface area contributed by atoms with Crippen LogP contribution in [0.25, 0.3) is 10.9 Å². The molecule has 3 nitrogen and oxygen atoms in total. The number of para-hydroxylation sites is 1. The van der Waals surface area contributed by atoms with Gasteiger partial charge < -0.3 is 10.6 Å². The molecule has 0 saturated heterocycles. The molecule has 0 aliphatic heterocycles. The maximum Gasteiger partial charge on any atom is 0.128 e. The van der Waals surface area contributed by atoms with E-state index >= 15 is 0 Å². The topological polar surface area (TPSA) is 42.2 Å². The fraction of sp³-hybridized carbons (Fsp3) is 0.400. The van der Waals surface area contributed by atoms with Crippen molar-refractivity contribution in [2.45, 2.75) is 19.4 Å². The van der Waals surface area contributed by atoms with Crippen molar-refractivity contribution >= 4 is 16.7 Å². The zero-order chi connectivity index (χ0) is 12.5. The molecule has 0 amide bonds. The molecule has 3 rings (SSSR count). The van der Waals surface area contributed by atoms with Gasteiger partial charge >= 0.3 is 0 Å². The minimum Gasteiger partial charge on any atom is -0.383 e. The zero-order valence-corrected chi connectivity index (χ0v) is 10.8. The van der Waals surface area contributed by atoms with Crippen molar-refractivity contribution in [3.63, 3.8) is 0 Å². The highest BCUT2D eigenvalue weighted by Gasteiger charge is 2.23. The van der Waals surface area contributed by atoms with Crippen molar-refractivity contribution in [2.24, 2.45) is 5.92 Å². The first-order chi connectivity index (χ1) is 8.72. The fourth-order valence-corrected chi connectivity index (χ4v) is 2.40. The van der Waals surface area contributed by atoms with Gasteiger partial charge in [-0.15, -0.1) is 0 Å². The highest BCUT2D eigenvalue weighted by Crippen LogP contribution is 2.30. The Morgan fingerprint density at radius 3 is 2.89 bits per heavy atom. The summed E-state index contributed by atoms with van der Waals surface area (Å²) in [6, 6.07) is 10.3. The summed E-state index contributed by atoms with van der Waals surface area (Å²) in [5.41, 5.74) is 8.16. The quantitative estimate of drug-likeness (QED) is 0.894. The van der Waals surface area contributed by atoms with Gasteiger partial charge in [0.15, 0.2) is 0 Å². The van der Waals surface area contributed by atoms with Crippen molar-refractivity contribution in [2.75, 3.05) is 19.3 Å². The molecule has 1 fully saturated rings. The molecule has 18 heavy (non-hydrogen) atoms. The summed E-state index contributed by atoms with van der Waals surface area (Å²) in [5.74, 6) is 1.57. The molecule has 1 aliphatic carbocycles. The molecule has 0 bridgehead atoms. The van der Waals surface area contributed by atoms with E-state index in [1.807, 2.05) is 18.2 Å². The number of benzene rings is 1. The molecule has 1 saturated carbocycles. The molecule has 2 aromatic rings. The molecule has 0 atom stereocenters. The van der Waals surface area contributed by atoms with E-state index in [0.717, 1.165) is 23.5 Å². The predicted molar refractivity (Wildman–Crippen MR) is 75.2 cm³/mol. The van der Waals surface area contributed by atoms with Crippen LogP contribution >= 0.6 is 0 Å². The average molecular weight is 241 g/mol. The molecule has 3 heteroatoms. The maximum atomic E-state index is 6.04. The van der Waals surface area contributed by atoms with Crippen LogP contribution < -0.4 is 5.73 Å². The third-order valence-electron chi connectivity index (χ3n) is 3.54. The normalized spacial score (nSPS) is 15.4. The van der Waals surface area contributed by atoms with Gasteiger partial charge in [0.05, 0.1) is 5.52 Å². The first-order valence-electron chi connectivity index (χ1n) is 6.55. The number of nitrogens with two attached hydrogens (primary N) is 1. The van der Waals surface area contributed by atoms with Crippen LogP contribution in [0.4, 0.5) is 5.82 Å². The lowest BCUT2D eigenvalue weighted by Gasteiger charge is -2.17. The predicted octanol–water partition coefficient (Wildman–Crippen LogP) is 2.66. The number of pyridine rings is 1. The summed E-state index contributed by atoms with van der Waals surface area (Å²) in [6.07, 6.45) is 2.77. The van der Waals surface area contributed by atoms with Crippen LogP contribution in [-0.4, -0.2) is 23.5 Å². The summed E-state index contributed by atoms with van der Waals surface area (Å²) in [6.45, 7) is 2.06. The third kappa shape index (κ3) is 2.46. The number of nitrogen functional groups attached to an aromatic ring is 1. The number of aromatic nitrogens is 1. The highest BCUT2D eigenvalue weighted by atomic mass is 15.1. The monoisotopic (exact) mass is 241 g/mol. The minimum atomic E-state index is 0.663. The lowest BCUT2D eigenvalue weighted by Crippen LogP contribution is -2.21. The van der Waals surface area contributed by atoms with Gasteiger partial charge in [-0.05, 0) is 37.9 Å². The molecule has 1 heterocycles. The molecule has 0 unspecified atom stereocenters. The van der Waals surface area contributed by atoms with Gasteiger partial charge in [-0.25, -0.2) is 4.98 Å². The molecule has 1 aromatic carbocycles. The lowest BCUT2D eigenvalue weighted by molar-refractivity contribution is 0.313. The van der Waals surface area contributed by atoms with E-state index in [1.54, 1.807) is 0 Å². The van der Waals surface area contributed by atoms with Crippen molar-refractivity contribution in [1.29, 1.82) is 0 Å². The Labute approximate surface area is 108 Å². The number of anilines is 1. The number of rotatable bonds is 4. The summed E-state index contributed by atoms with van der Waals surface area (Å²) < 4.78 is 0. The minimum absolute atomic E-state index is 0.663.